The van der Waals surface area contributed by atoms with Crippen molar-refractivity contribution in [3.05, 3.63) is 82.9 Å². The van der Waals surface area contributed by atoms with Crippen molar-refractivity contribution in [3.63, 3.8) is 0 Å². The zero-order valence-corrected chi connectivity index (χ0v) is 17.9. The van der Waals surface area contributed by atoms with Crippen LogP contribution in [0.25, 0.3) is 11.1 Å². The Balaban J connectivity index is 1.66. The summed E-state index contributed by atoms with van der Waals surface area (Å²) in [4.78, 5) is 23.1. The molecule has 3 aromatic carbocycles. The number of aryl methyl sites for hydroxylation is 2. The predicted octanol–water partition coefficient (Wildman–Crippen LogP) is 4.93. The number of ether oxygens (including phenoxy) is 1. The summed E-state index contributed by atoms with van der Waals surface area (Å²) < 4.78 is 5.50. The average Bonchev–Trinajstić information content (AvgIpc) is 2.73. The number of hydrogen-bond acceptors (Lipinski definition) is 3. The Labute approximate surface area is 181 Å². The van der Waals surface area contributed by atoms with E-state index in [0.717, 1.165) is 39.1 Å². The summed E-state index contributed by atoms with van der Waals surface area (Å²) in [7, 11) is 1.66. The third-order valence-corrected chi connectivity index (χ3v) is 5.00. The molecule has 160 valence electrons. The van der Waals surface area contributed by atoms with Crippen molar-refractivity contribution >= 4 is 17.7 Å². The monoisotopic (exact) mass is 418 g/mol. The molecule has 0 heterocycles. The Morgan fingerprint density at radius 1 is 0.935 bits per heavy atom. The smallest absolute Gasteiger partial charge is 0.319 e. The van der Waals surface area contributed by atoms with Crippen LogP contribution < -0.4 is 15.4 Å². The molecule has 0 aliphatic carbocycles. The minimum atomic E-state index is -0.868. The number of methoxy groups -OCH3 is 1. The van der Waals surface area contributed by atoms with Gasteiger partial charge < -0.3 is 20.5 Å². The molecule has 3 rings (SSSR count). The molecule has 0 unspecified atom stereocenters. The minimum Gasteiger partial charge on any atom is -0.496 e. The van der Waals surface area contributed by atoms with Gasteiger partial charge in [-0.2, -0.15) is 0 Å². The fourth-order valence-electron chi connectivity index (χ4n) is 3.62. The summed E-state index contributed by atoms with van der Waals surface area (Å²) in [5.41, 5.74) is 6.50. The molecule has 0 bridgehead atoms. The number of amides is 2. The molecule has 0 saturated heterocycles. The Morgan fingerprint density at radius 3 is 2.16 bits per heavy atom. The molecule has 0 fully saturated rings. The lowest BCUT2D eigenvalue weighted by Gasteiger charge is -2.16. The highest BCUT2D eigenvalue weighted by atomic mass is 16.5. The highest BCUT2D eigenvalue weighted by molar-refractivity contribution is 5.90. The van der Waals surface area contributed by atoms with Crippen molar-refractivity contribution < 1.29 is 19.4 Å². The van der Waals surface area contributed by atoms with Gasteiger partial charge in [0, 0.05) is 17.8 Å². The van der Waals surface area contributed by atoms with Crippen molar-refractivity contribution in [1.29, 1.82) is 0 Å². The van der Waals surface area contributed by atoms with Crippen LogP contribution in [0.3, 0.4) is 0 Å². The lowest BCUT2D eigenvalue weighted by Crippen LogP contribution is -2.28. The number of carbonyl (C=O) groups is 2. The number of anilines is 1. The largest absolute Gasteiger partial charge is 0.496 e. The van der Waals surface area contributed by atoms with Crippen LogP contribution in [0.1, 0.15) is 22.3 Å². The molecule has 3 aromatic rings. The number of aliphatic carboxylic acids is 1. The number of benzene rings is 3. The van der Waals surface area contributed by atoms with Crippen LogP contribution >= 0.6 is 0 Å². The van der Waals surface area contributed by atoms with E-state index in [1.807, 2.05) is 62.4 Å². The van der Waals surface area contributed by atoms with Gasteiger partial charge in [-0.3, -0.25) is 4.79 Å². The van der Waals surface area contributed by atoms with Crippen LogP contribution in [0, 0.1) is 13.8 Å². The summed E-state index contributed by atoms with van der Waals surface area (Å²) in [6, 6.07) is 18.6. The van der Waals surface area contributed by atoms with Crippen LogP contribution in [0.15, 0.2) is 60.7 Å². The van der Waals surface area contributed by atoms with Gasteiger partial charge in [-0.05, 0) is 59.9 Å². The van der Waals surface area contributed by atoms with Crippen LogP contribution in [-0.4, -0.2) is 24.2 Å². The molecule has 0 atom stereocenters. The summed E-state index contributed by atoms with van der Waals surface area (Å²) in [6.45, 7) is 4.36. The Bertz CT molecular complexity index is 1070. The SMILES string of the molecule is COc1ccccc1-c1c(C)cc(NC(=O)NCc2ccc(CC(=O)O)cc2)cc1C. The first-order chi connectivity index (χ1) is 14.9. The van der Waals surface area contributed by atoms with Gasteiger partial charge in [-0.25, -0.2) is 4.79 Å². The molecule has 6 heteroatoms. The van der Waals surface area contributed by atoms with E-state index in [1.54, 1.807) is 19.2 Å². The first-order valence-corrected chi connectivity index (χ1v) is 9.96. The number of carboxylic acid groups (broad SMARTS) is 1. The Hall–Kier alpha value is -3.80. The molecule has 0 aromatic heterocycles. The fourth-order valence-corrected chi connectivity index (χ4v) is 3.62. The van der Waals surface area contributed by atoms with Gasteiger partial charge in [0.15, 0.2) is 0 Å². The highest BCUT2D eigenvalue weighted by Crippen LogP contribution is 2.35. The van der Waals surface area contributed by atoms with Gasteiger partial charge in [-0.1, -0.05) is 42.5 Å². The molecule has 0 aliphatic heterocycles. The first kappa shape index (κ1) is 21.9. The molecule has 3 N–H and O–H groups in total. The van der Waals surface area contributed by atoms with Gasteiger partial charge >= 0.3 is 12.0 Å². The van der Waals surface area contributed by atoms with E-state index in [4.69, 9.17) is 9.84 Å². The maximum Gasteiger partial charge on any atom is 0.319 e. The summed E-state index contributed by atoms with van der Waals surface area (Å²) in [5.74, 6) is -0.0610. The van der Waals surface area contributed by atoms with Gasteiger partial charge in [0.2, 0.25) is 0 Å². The highest BCUT2D eigenvalue weighted by Gasteiger charge is 2.13. The third kappa shape index (κ3) is 5.63. The lowest BCUT2D eigenvalue weighted by molar-refractivity contribution is -0.136. The third-order valence-electron chi connectivity index (χ3n) is 5.00. The van der Waals surface area contributed by atoms with Gasteiger partial charge in [-0.15, -0.1) is 0 Å². The first-order valence-electron chi connectivity index (χ1n) is 9.96. The average molecular weight is 418 g/mol. The zero-order chi connectivity index (χ0) is 22.4. The molecule has 0 saturated carbocycles. The normalized spacial score (nSPS) is 10.4. The Kier molecular flexibility index (Phi) is 6.92. The lowest BCUT2D eigenvalue weighted by atomic mass is 9.94. The second kappa shape index (κ2) is 9.80. The molecule has 31 heavy (non-hydrogen) atoms. The van der Waals surface area contributed by atoms with Crippen molar-refractivity contribution in [3.8, 4) is 16.9 Å². The van der Waals surface area contributed by atoms with Gasteiger partial charge in [0.05, 0.1) is 13.5 Å². The van der Waals surface area contributed by atoms with Crippen molar-refractivity contribution in [2.75, 3.05) is 12.4 Å². The zero-order valence-electron chi connectivity index (χ0n) is 17.9. The van der Waals surface area contributed by atoms with E-state index >= 15 is 0 Å². The number of carbonyl (C=O) groups excluding carboxylic acids is 1. The van der Waals surface area contributed by atoms with E-state index in [2.05, 4.69) is 10.6 Å². The fraction of sp³-hybridized carbons (Fsp3) is 0.200. The van der Waals surface area contributed by atoms with Crippen LogP contribution in [0.4, 0.5) is 10.5 Å². The minimum absolute atomic E-state index is 0.0161. The van der Waals surface area contributed by atoms with Gasteiger partial charge in [0.25, 0.3) is 0 Å². The summed E-state index contributed by atoms with van der Waals surface area (Å²) in [6.07, 6.45) is -0.0161. The summed E-state index contributed by atoms with van der Waals surface area (Å²) in [5, 5.41) is 14.5. The molecular formula is C25H26N2O4. The van der Waals surface area contributed by atoms with Crippen LogP contribution in [0.2, 0.25) is 0 Å². The molecule has 2 amide bonds. The van der Waals surface area contributed by atoms with Crippen molar-refractivity contribution in [2.24, 2.45) is 0 Å². The predicted molar refractivity (Wildman–Crippen MR) is 122 cm³/mol. The second-order valence-corrected chi connectivity index (χ2v) is 7.38. The number of hydrogen-bond donors (Lipinski definition) is 3. The van der Waals surface area contributed by atoms with E-state index in [0.29, 0.717) is 12.2 Å². The molecule has 0 aliphatic rings. The van der Waals surface area contributed by atoms with E-state index < -0.39 is 5.97 Å². The molecule has 0 spiro atoms. The summed E-state index contributed by atoms with van der Waals surface area (Å²) >= 11 is 0. The number of para-hydroxylation sites is 1. The standard InChI is InChI=1S/C25H26N2O4/c1-16-12-20(13-17(2)24(16)21-6-4-5-7-22(21)31-3)27-25(30)26-15-19-10-8-18(9-11-19)14-23(28)29/h4-13H,14-15H2,1-3H3,(H,28,29)(H2,26,27,30). The molecule has 6 nitrogen and oxygen atoms in total. The van der Waals surface area contributed by atoms with E-state index in [1.165, 1.54) is 0 Å². The number of carboxylic acids is 1. The molecule has 0 radical (unpaired) electrons. The van der Waals surface area contributed by atoms with E-state index in [-0.39, 0.29) is 12.5 Å². The number of rotatable bonds is 7. The molecular weight excluding hydrogens is 392 g/mol. The van der Waals surface area contributed by atoms with Crippen molar-refractivity contribution in [1.82, 2.24) is 5.32 Å². The number of nitrogens with one attached hydrogen (secondary N) is 2. The second-order valence-electron chi connectivity index (χ2n) is 7.38. The number of urea groups is 1. The Morgan fingerprint density at radius 2 is 1.55 bits per heavy atom. The van der Waals surface area contributed by atoms with Gasteiger partial charge in [0.1, 0.15) is 5.75 Å². The maximum absolute atomic E-state index is 12.4. The van der Waals surface area contributed by atoms with E-state index in [9.17, 15) is 9.59 Å². The van der Waals surface area contributed by atoms with Crippen LogP contribution in [0.5, 0.6) is 5.75 Å². The quantitative estimate of drug-likeness (QED) is 0.508. The maximum atomic E-state index is 12.4. The topological polar surface area (TPSA) is 87.7 Å². The van der Waals surface area contributed by atoms with Crippen molar-refractivity contribution in [2.45, 2.75) is 26.8 Å². The van der Waals surface area contributed by atoms with Crippen LogP contribution in [-0.2, 0) is 17.8 Å².